The molecule has 0 radical (unpaired) electrons. The van der Waals surface area contributed by atoms with Crippen molar-refractivity contribution < 1.29 is 19.2 Å². The van der Waals surface area contributed by atoms with E-state index in [0.29, 0.717) is 36.6 Å². The summed E-state index contributed by atoms with van der Waals surface area (Å²) in [6, 6.07) is 14.2. The first kappa shape index (κ1) is 23.8. The first-order valence-corrected chi connectivity index (χ1v) is 12.4. The third kappa shape index (κ3) is 4.29. The molecule has 1 heterocycles. The zero-order valence-corrected chi connectivity index (χ0v) is 20.5. The van der Waals surface area contributed by atoms with Crippen LogP contribution in [0.2, 0.25) is 0 Å². The van der Waals surface area contributed by atoms with E-state index in [-0.39, 0.29) is 24.5 Å². The van der Waals surface area contributed by atoms with Crippen LogP contribution in [0.25, 0.3) is 0 Å². The molecule has 36 heavy (non-hydrogen) atoms. The first-order chi connectivity index (χ1) is 17.3. The van der Waals surface area contributed by atoms with E-state index >= 15 is 0 Å². The molecule has 9 nitrogen and oxygen atoms in total. The molecular weight excluding hydrogens is 458 g/mol. The fraction of sp³-hybridized carbons (Fsp3) is 0.407. The fourth-order valence-electron chi connectivity index (χ4n) is 5.37. The molecule has 0 aromatic heterocycles. The molecule has 2 atom stereocenters. The van der Waals surface area contributed by atoms with Crippen LogP contribution in [0.4, 0.5) is 15.3 Å². The van der Waals surface area contributed by atoms with Gasteiger partial charge in [0.15, 0.2) is 0 Å². The maximum Gasteiger partial charge on any atom is 0.325 e. The molecule has 6 amide bonds. The Labute approximate surface area is 210 Å². The van der Waals surface area contributed by atoms with Gasteiger partial charge in [0.1, 0.15) is 12.1 Å². The van der Waals surface area contributed by atoms with Crippen LogP contribution >= 0.6 is 0 Å². The van der Waals surface area contributed by atoms with E-state index < -0.39 is 17.5 Å². The van der Waals surface area contributed by atoms with Gasteiger partial charge in [-0.25, -0.2) is 9.59 Å². The van der Waals surface area contributed by atoms with Crippen LogP contribution in [0.15, 0.2) is 48.5 Å². The van der Waals surface area contributed by atoms with Gasteiger partial charge in [-0.3, -0.25) is 14.5 Å². The van der Waals surface area contributed by atoms with Gasteiger partial charge in [0.2, 0.25) is 5.91 Å². The Morgan fingerprint density at radius 2 is 1.92 bits per heavy atom. The van der Waals surface area contributed by atoms with Gasteiger partial charge in [-0.15, -0.1) is 0 Å². The van der Waals surface area contributed by atoms with E-state index in [1.807, 2.05) is 43.3 Å². The summed E-state index contributed by atoms with van der Waals surface area (Å²) in [6.07, 6.45) is 3.15. The summed E-state index contributed by atoms with van der Waals surface area (Å²) in [7, 11) is 1.53. The van der Waals surface area contributed by atoms with E-state index in [9.17, 15) is 19.2 Å². The van der Waals surface area contributed by atoms with E-state index in [1.54, 1.807) is 17.0 Å². The highest BCUT2D eigenvalue weighted by atomic mass is 16.2. The highest BCUT2D eigenvalue weighted by Gasteiger charge is 2.56. The summed E-state index contributed by atoms with van der Waals surface area (Å²) in [5, 5.41) is 8.12. The lowest BCUT2D eigenvalue weighted by molar-refractivity contribution is -0.141. The van der Waals surface area contributed by atoms with Crippen LogP contribution in [0.5, 0.6) is 0 Å². The third-order valence-electron chi connectivity index (χ3n) is 7.60. The molecular formula is C27H31N5O4. The Morgan fingerprint density at radius 1 is 1.17 bits per heavy atom. The van der Waals surface area contributed by atoms with Crippen molar-refractivity contribution in [1.82, 2.24) is 20.4 Å². The number of amides is 6. The second kappa shape index (κ2) is 9.29. The van der Waals surface area contributed by atoms with Crippen LogP contribution in [0, 0.1) is 5.92 Å². The average Bonchev–Trinajstić information content (AvgIpc) is 3.63. The van der Waals surface area contributed by atoms with E-state index in [0.717, 1.165) is 28.9 Å². The second-order valence-electron chi connectivity index (χ2n) is 9.89. The Balaban J connectivity index is 1.35. The number of urea groups is 2. The maximum atomic E-state index is 13.6. The van der Waals surface area contributed by atoms with Crippen molar-refractivity contribution in [2.45, 2.75) is 50.7 Å². The summed E-state index contributed by atoms with van der Waals surface area (Å²) >= 11 is 0. The number of nitrogens with zero attached hydrogens (tertiary/aromatic N) is 2. The Bertz CT molecular complexity index is 1210. The molecule has 0 bridgehead atoms. The van der Waals surface area contributed by atoms with Gasteiger partial charge in [-0.2, -0.15) is 0 Å². The normalized spacial score (nSPS) is 21.2. The van der Waals surface area contributed by atoms with Gasteiger partial charge in [0.05, 0.1) is 0 Å². The standard InChI is InChI=1S/C27H31N5O4/c1-17(19-8-9-19)31(15-18-6-4-3-5-7-18)23(33)16-32-24(34)27(30-26(32)36)13-12-20-14-21(10-11-22(20)27)29-25(35)28-2/h3-7,10-11,14,17,19H,8-9,12-13,15-16H2,1-2H3,(H,30,36)(H2,28,29,35)/t17-,27?/m0/s1. The van der Waals surface area contributed by atoms with Crippen molar-refractivity contribution in [2.75, 3.05) is 18.9 Å². The second-order valence-corrected chi connectivity index (χ2v) is 9.89. The molecule has 3 N–H and O–H groups in total. The topological polar surface area (TPSA) is 111 Å². The summed E-state index contributed by atoms with van der Waals surface area (Å²) in [6.45, 7) is 2.20. The Hall–Kier alpha value is -3.88. The van der Waals surface area contributed by atoms with Crippen LogP contribution in [-0.4, -0.2) is 53.3 Å². The molecule has 2 aliphatic carbocycles. The van der Waals surface area contributed by atoms with Gasteiger partial charge in [-0.05, 0) is 67.3 Å². The van der Waals surface area contributed by atoms with Crippen LogP contribution < -0.4 is 16.0 Å². The van der Waals surface area contributed by atoms with Gasteiger partial charge in [0, 0.05) is 25.3 Å². The highest BCUT2D eigenvalue weighted by Crippen LogP contribution is 2.42. The predicted octanol–water partition coefficient (Wildman–Crippen LogP) is 2.96. The van der Waals surface area contributed by atoms with Crippen LogP contribution in [0.1, 0.15) is 42.9 Å². The van der Waals surface area contributed by atoms with Crippen molar-refractivity contribution in [2.24, 2.45) is 5.92 Å². The number of nitrogens with one attached hydrogen (secondary N) is 3. The monoisotopic (exact) mass is 489 g/mol. The molecule has 2 aromatic carbocycles. The molecule has 2 aromatic rings. The first-order valence-electron chi connectivity index (χ1n) is 12.4. The minimum absolute atomic E-state index is 0.0332. The largest absolute Gasteiger partial charge is 0.341 e. The molecule has 5 rings (SSSR count). The molecule has 1 unspecified atom stereocenters. The molecule has 1 saturated carbocycles. The van der Waals surface area contributed by atoms with Gasteiger partial charge in [0.25, 0.3) is 5.91 Å². The SMILES string of the molecule is CNC(=O)Nc1ccc2c(c1)CCC21NC(=O)N(CC(=O)N(Cc2ccccc2)[C@@H](C)C2CC2)C1=O. The molecule has 2 fully saturated rings. The fourth-order valence-corrected chi connectivity index (χ4v) is 5.37. The van der Waals surface area contributed by atoms with Crippen molar-refractivity contribution in [1.29, 1.82) is 0 Å². The molecule has 9 heteroatoms. The lowest BCUT2D eigenvalue weighted by Crippen LogP contribution is -2.47. The van der Waals surface area contributed by atoms with E-state index in [4.69, 9.17) is 0 Å². The number of carbonyl (C=O) groups is 4. The molecule has 1 saturated heterocycles. The summed E-state index contributed by atoms with van der Waals surface area (Å²) in [5.41, 5.74) is 2.05. The van der Waals surface area contributed by atoms with Crippen LogP contribution in [-0.2, 0) is 28.1 Å². The van der Waals surface area contributed by atoms with Gasteiger partial charge < -0.3 is 20.9 Å². The number of carbonyl (C=O) groups excluding carboxylic acids is 4. The number of hydrogen-bond acceptors (Lipinski definition) is 4. The summed E-state index contributed by atoms with van der Waals surface area (Å²) in [5.74, 6) is -0.182. The highest BCUT2D eigenvalue weighted by molar-refractivity contribution is 6.10. The molecule has 3 aliphatic rings. The van der Waals surface area contributed by atoms with Gasteiger partial charge in [-0.1, -0.05) is 36.4 Å². The maximum absolute atomic E-state index is 13.6. The number of anilines is 1. The minimum Gasteiger partial charge on any atom is -0.341 e. The lowest BCUT2D eigenvalue weighted by atomic mass is 9.91. The Kier molecular flexibility index (Phi) is 6.15. The quantitative estimate of drug-likeness (QED) is 0.519. The van der Waals surface area contributed by atoms with Crippen LogP contribution in [0.3, 0.4) is 0 Å². The van der Waals surface area contributed by atoms with Gasteiger partial charge >= 0.3 is 12.1 Å². The third-order valence-corrected chi connectivity index (χ3v) is 7.60. The number of benzene rings is 2. The number of rotatable bonds is 7. The van der Waals surface area contributed by atoms with E-state index in [2.05, 4.69) is 16.0 Å². The lowest BCUT2D eigenvalue weighted by Gasteiger charge is -2.31. The van der Waals surface area contributed by atoms with Crippen molar-refractivity contribution >= 4 is 29.6 Å². The Morgan fingerprint density at radius 3 is 2.61 bits per heavy atom. The number of hydrogen-bond donors (Lipinski definition) is 3. The zero-order valence-electron chi connectivity index (χ0n) is 20.5. The zero-order chi connectivity index (χ0) is 25.4. The van der Waals surface area contributed by atoms with E-state index in [1.165, 1.54) is 7.05 Å². The number of imide groups is 1. The molecule has 188 valence electrons. The average molecular weight is 490 g/mol. The van der Waals surface area contributed by atoms with Crippen molar-refractivity contribution in [3.8, 4) is 0 Å². The predicted molar refractivity (Wildman–Crippen MR) is 134 cm³/mol. The van der Waals surface area contributed by atoms with Crippen molar-refractivity contribution in [3.05, 3.63) is 65.2 Å². The summed E-state index contributed by atoms with van der Waals surface area (Å²) in [4.78, 5) is 54.7. The number of fused-ring (bicyclic) bond motifs is 2. The number of aryl methyl sites for hydroxylation is 1. The summed E-state index contributed by atoms with van der Waals surface area (Å²) < 4.78 is 0. The van der Waals surface area contributed by atoms with Crippen molar-refractivity contribution in [3.63, 3.8) is 0 Å². The molecule has 1 spiro atoms. The molecule has 1 aliphatic heterocycles. The minimum atomic E-state index is -1.18. The smallest absolute Gasteiger partial charge is 0.325 e.